The number of hydrogen-bond donors (Lipinski definition) is 0. The van der Waals surface area contributed by atoms with Gasteiger partial charge < -0.3 is 9.64 Å². The highest BCUT2D eigenvalue weighted by atomic mass is 79.9. The Morgan fingerprint density at radius 3 is 1.93 bits per heavy atom. The standard InChI is InChI=1S/C37H37BrFNO3/c1-36(2)17-28-34(30(41)19-36)33(25-12-15-32(27(38)16-25)43-22-24-10-13-26(39)14-11-24)35-29(18-37(3,4)20-31(35)42)40(28)21-23-8-6-5-7-9-23/h5-16,33H,17-22H2,1-4H3. The van der Waals surface area contributed by atoms with E-state index in [0.717, 1.165) is 56.5 Å². The van der Waals surface area contributed by atoms with Crippen molar-refractivity contribution in [3.05, 3.63) is 122 Å². The molecule has 0 radical (unpaired) electrons. The van der Waals surface area contributed by atoms with Crippen molar-refractivity contribution in [1.29, 1.82) is 0 Å². The third-order valence-electron chi connectivity index (χ3n) is 8.80. The van der Waals surface area contributed by atoms with Crippen molar-refractivity contribution >= 4 is 27.5 Å². The molecule has 0 aromatic heterocycles. The summed E-state index contributed by atoms with van der Waals surface area (Å²) >= 11 is 3.70. The van der Waals surface area contributed by atoms with E-state index >= 15 is 0 Å². The van der Waals surface area contributed by atoms with Gasteiger partial charge in [-0.05, 0) is 80.6 Å². The SMILES string of the molecule is CC1(C)CC(=O)C2=C(C1)N(Cc1ccccc1)C1=C(C(=O)CC(C)(C)C1)C2c1ccc(OCc2ccc(F)cc2)c(Br)c1. The number of Topliss-reactive ketones (excluding diaryl/α,β-unsaturated/α-hetero) is 2. The van der Waals surface area contributed by atoms with Crippen LogP contribution >= 0.6 is 15.9 Å². The van der Waals surface area contributed by atoms with Crippen LogP contribution in [0.2, 0.25) is 0 Å². The highest BCUT2D eigenvalue weighted by Crippen LogP contribution is 2.55. The van der Waals surface area contributed by atoms with E-state index in [-0.39, 0.29) is 28.2 Å². The van der Waals surface area contributed by atoms with E-state index in [1.54, 1.807) is 12.1 Å². The van der Waals surface area contributed by atoms with Gasteiger partial charge in [-0.1, -0.05) is 76.2 Å². The molecule has 2 aliphatic carbocycles. The molecule has 6 heteroatoms. The van der Waals surface area contributed by atoms with Gasteiger partial charge in [-0.25, -0.2) is 4.39 Å². The minimum absolute atomic E-state index is 0.117. The van der Waals surface area contributed by atoms with Crippen LogP contribution in [0.4, 0.5) is 4.39 Å². The fourth-order valence-corrected chi connectivity index (χ4v) is 7.40. The number of allylic oxidation sites excluding steroid dienone is 4. The molecular formula is C37H37BrFNO3. The van der Waals surface area contributed by atoms with Crippen LogP contribution in [0, 0.1) is 16.6 Å². The number of carbonyl (C=O) groups is 2. The van der Waals surface area contributed by atoms with Crippen molar-refractivity contribution < 1.29 is 18.7 Å². The molecule has 3 aliphatic rings. The molecule has 0 spiro atoms. The quantitative estimate of drug-likeness (QED) is 0.269. The summed E-state index contributed by atoms with van der Waals surface area (Å²) in [5.74, 6) is 0.169. The first-order chi connectivity index (χ1) is 20.4. The highest BCUT2D eigenvalue weighted by Gasteiger charge is 2.49. The zero-order valence-electron chi connectivity index (χ0n) is 25.2. The van der Waals surface area contributed by atoms with Gasteiger partial charge >= 0.3 is 0 Å². The van der Waals surface area contributed by atoms with Crippen molar-refractivity contribution in [2.75, 3.05) is 0 Å². The first-order valence-corrected chi connectivity index (χ1v) is 15.7. The topological polar surface area (TPSA) is 46.6 Å². The first-order valence-electron chi connectivity index (χ1n) is 14.9. The Morgan fingerprint density at radius 2 is 1.37 bits per heavy atom. The molecule has 0 amide bonds. The molecule has 1 aliphatic heterocycles. The van der Waals surface area contributed by atoms with Crippen LogP contribution in [0.3, 0.4) is 0 Å². The second-order valence-corrected chi connectivity index (χ2v) is 14.6. The van der Waals surface area contributed by atoms with Crippen LogP contribution < -0.4 is 4.74 Å². The summed E-state index contributed by atoms with van der Waals surface area (Å²) < 4.78 is 20.1. The van der Waals surface area contributed by atoms with E-state index in [0.29, 0.717) is 31.7 Å². The number of benzene rings is 3. The number of halogens is 2. The summed E-state index contributed by atoms with van der Waals surface area (Å²) in [5, 5.41) is 0. The van der Waals surface area contributed by atoms with Crippen molar-refractivity contribution in [2.45, 2.75) is 72.4 Å². The zero-order valence-corrected chi connectivity index (χ0v) is 26.8. The summed E-state index contributed by atoms with van der Waals surface area (Å²) in [6.07, 6.45) is 2.43. The van der Waals surface area contributed by atoms with E-state index < -0.39 is 5.92 Å². The third-order valence-corrected chi connectivity index (χ3v) is 9.42. The normalized spacial score (nSPS) is 19.8. The minimum Gasteiger partial charge on any atom is -0.488 e. The maximum Gasteiger partial charge on any atom is 0.162 e. The monoisotopic (exact) mass is 641 g/mol. The Hall–Kier alpha value is -3.51. The van der Waals surface area contributed by atoms with Crippen molar-refractivity contribution in [3.63, 3.8) is 0 Å². The second-order valence-electron chi connectivity index (χ2n) is 13.7. The Bertz CT molecular complexity index is 1600. The van der Waals surface area contributed by atoms with E-state index in [1.807, 2.05) is 36.4 Å². The van der Waals surface area contributed by atoms with Crippen LogP contribution in [0.1, 0.15) is 76.0 Å². The number of ketones is 2. The number of rotatable bonds is 6. The minimum atomic E-state index is -0.424. The Kier molecular flexibility index (Phi) is 7.70. The summed E-state index contributed by atoms with van der Waals surface area (Å²) in [6.45, 7) is 9.56. The average molecular weight is 643 g/mol. The number of nitrogens with zero attached hydrogens (tertiary/aromatic N) is 1. The van der Waals surface area contributed by atoms with Gasteiger partial charge in [0.05, 0.1) is 4.47 Å². The van der Waals surface area contributed by atoms with Crippen LogP contribution in [-0.2, 0) is 22.7 Å². The smallest absolute Gasteiger partial charge is 0.162 e. The lowest BCUT2D eigenvalue weighted by Gasteiger charge is -2.49. The molecule has 4 nitrogen and oxygen atoms in total. The molecule has 1 heterocycles. The number of carbonyl (C=O) groups excluding carboxylic acids is 2. The van der Waals surface area contributed by atoms with Crippen molar-refractivity contribution in [3.8, 4) is 5.75 Å². The predicted molar refractivity (Wildman–Crippen MR) is 170 cm³/mol. The molecule has 0 atom stereocenters. The number of hydrogen-bond acceptors (Lipinski definition) is 4. The van der Waals surface area contributed by atoms with E-state index in [1.165, 1.54) is 12.1 Å². The van der Waals surface area contributed by atoms with E-state index in [2.05, 4.69) is 60.7 Å². The second kappa shape index (κ2) is 11.2. The van der Waals surface area contributed by atoms with Crippen LogP contribution in [0.5, 0.6) is 5.75 Å². The average Bonchev–Trinajstić information content (AvgIpc) is 2.93. The van der Waals surface area contributed by atoms with Crippen LogP contribution in [0.15, 0.2) is 99.8 Å². The molecule has 0 saturated heterocycles. The van der Waals surface area contributed by atoms with Gasteiger partial charge in [0.1, 0.15) is 18.2 Å². The van der Waals surface area contributed by atoms with Gasteiger partial charge in [0.25, 0.3) is 0 Å². The van der Waals surface area contributed by atoms with Crippen molar-refractivity contribution in [2.24, 2.45) is 10.8 Å². The van der Waals surface area contributed by atoms with E-state index in [9.17, 15) is 14.0 Å². The molecule has 0 fully saturated rings. The summed E-state index contributed by atoms with van der Waals surface area (Å²) in [6, 6.07) is 22.4. The molecule has 0 bridgehead atoms. The highest BCUT2D eigenvalue weighted by molar-refractivity contribution is 9.10. The van der Waals surface area contributed by atoms with Crippen LogP contribution in [0.25, 0.3) is 0 Å². The molecule has 6 rings (SSSR count). The van der Waals surface area contributed by atoms with Gasteiger partial charge in [-0.3, -0.25) is 9.59 Å². The first kappa shape index (κ1) is 29.6. The molecule has 43 heavy (non-hydrogen) atoms. The lowest BCUT2D eigenvalue weighted by atomic mass is 9.63. The van der Waals surface area contributed by atoms with Gasteiger partial charge in [0.15, 0.2) is 11.6 Å². The van der Waals surface area contributed by atoms with E-state index in [4.69, 9.17) is 4.74 Å². The lowest BCUT2D eigenvalue weighted by molar-refractivity contribution is -0.119. The maximum absolute atomic E-state index is 14.1. The summed E-state index contributed by atoms with van der Waals surface area (Å²) in [4.78, 5) is 30.5. The third kappa shape index (κ3) is 5.99. The molecule has 3 aromatic carbocycles. The molecular weight excluding hydrogens is 605 g/mol. The fraction of sp³-hybridized carbons (Fsp3) is 0.351. The molecule has 0 N–H and O–H groups in total. The summed E-state index contributed by atoms with van der Waals surface area (Å²) in [5.41, 5.74) is 6.17. The van der Waals surface area contributed by atoms with Gasteiger partial charge in [0.2, 0.25) is 0 Å². The molecule has 0 unspecified atom stereocenters. The van der Waals surface area contributed by atoms with Crippen LogP contribution in [-0.4, -0.2) is 16.5 Å². The maximum atomic E-state index is 14.1. The van der Waals surface area contributed by atoms with Gasteiger partial charge in [-0.2, -0.15) is 0 Å². The van der Waals surface area contributed by atoms with Gasteiger partial charge in [-0.15, -0.1) is 0 Å². The predicted octanol–water partition coefficient (Wildman–Crippen LogP) is 9.05. The van der Waals surface area contributed by atoms with Gasteiger partial charge in [0, 0.05) is 47.8 Å². The molecule has 3 aromatic rings. The zero-order chi connectivity index (χ0) is 30.5. The fourth-order valence-electron chi connectivity index (χ4n) is 6.89. The largest absolute Gasteiger partial charge is 0.488 e. The lowest BCUT2D eigenvalue weighted by Crippen LogP contribution is -2.44. The molecule has 0 saturated carbocycles. The van der Waals surface area contributed by atoms with Crippen molar-refractivity contribution in [1.82, 2.24) is 4.90 Å². The Balaban J connectivity index is 1.45. The molecule has 222 valence electrons. The number of ether oxygens (including phenoxy) is 1. The summed E-state index contributed by atoms with van der Waals surface area (Å²) in [7, 11) is 0. The Morgan fingerprint density at radius 1 is 0.791 bits per heavy atom. The Labute approximate surface area is 261 Å².